The lowest BCUT2D eigenvalue weighted by atomic mass is 9.98. The Kier molecular flexibility index (Phi) is 3.77. The first-order valence-corrected chi connectivity index (χ1v) is 9.05. The van der Waals surface area contributed by atoms with Crippen LogP contribution in [0.4, 0.5) is 5.82 Å². The van der Waals surface area contributed by atoms with Crippen LogP contribution in [0, 0.1) is 6.92 Å². The molecule has 1 aliphatic rings. The van der Waals surface area contributed by atoms with Crippen molar-refractivity contribution in [2.75, 3.05) is 12.0 Å². The lowest BCUT2D eigenvalue weighted by Crippen LogP contribution is -2.29. The molecule has 0 saturated carbocycles. The lowest BCUT2D eigenvalue weighted by molar-refractivity contribution is 0.0969. The summed E-state index contributed by atoms with van der Waals surface area (Å²) in [6, 6.07) is 15.1. The van der Waals surface area contributed by atoms with Crippen LogP contribution in [0.15, 0.2) is 68.3 Å². The summed E-state index contributed by atoms with van der Waals surface area (Å²) in [5, 5.41) is 4.43. The highest BCUT2D eigenvalue weighted by Crippen LogP contribution is 2.41. The number of ether oxygens (including phenoxy) is 1. The third-order valence-electron chi connectivity index (χ3n) is 5.05. The van der Waals surface area contributed by atoms with Gasteiger partial charge in [0.25, 0.3) is 5.91 Å². The lowest BCUT2D eigenvalue weighted by Gasteiger charge is -2.22. The minimum Gasteiger partial charge on any atom is -0.497 e. The summed E-state index contributed by atoms with van der Waals surface area (Å²) in [5.74, 6) is 1.06. The van der Waals surface area contributed by atoms with Crippen LogP contribution in [-0.4, -0.2) is 18.2 Å². The van der Waals surface area contributed by atoms with Crippen molar-refractivity contribution in [3.05, 3.63) is 87.5 Å². The van der Waals surface area contributed by atoms with Crippen LogP contribution in [0.5, 0.6) is 5.75 Å². The van der Waals surface area contributed by atoms with Crippen molar-refractivity contribution in [1.82, 2.24) is 5.16 Å². The average molecular weight is 388 g/mol. The third-order valence-corrected chi connectivity index (χ3v) is 5.05. The monoisotopic (exact) mass is 388 g/mol. The number of amides is 1. The first kappa shape index (κ1) is 17.2. The van der Waals surface area contributed by atoms with E-state index in [1.165, 1.54) is 4.90 Å². The predicted octanol–water partition coefficient (Wildman–Crippen LogP) is 3.85. The molecule has 4 aromatic rings. The van der Waals surface area contributed by atoms with Crippen molar-refractivity contribution in [2.24, 2.45) is 0 Å². The zero-order valence-corrected chi connectivity index (χ0v) is 15.7. The number of benzene rings is 2. The molecule has 0 spiro atoms. The van der Waals surface area contributed by atoms with Gasteiger partial charge < -0.3 is 13.7 Å². The first-order chi connectivity index (χ1) is 14.1. The molecule has 0 bridgehead atoms. The normalized spacial score (nSPS) is 15.7. The molecule has 1 aliphatic heterocycles. The van der Waals surface area contributed by atoms with Gasteiger partial charge in [-0.1, -0.05) is 29.4 Å². The number of fused-ring (bicyclic) bond motifs is 2. The number of rotatable bonds is 3. The van der Waals surface area contributed by atoms with Crippen molar-refractivity contribution in [2.45, 2.75) is 13.0 Å². The Morgan fingerprint density at radius 1 is 1.07 bits per heavy atom. The molecule has 0 radical (unpaired) electrons. The van der Waals surface area contributed by atoms with Crippen LogP contribution < -0.4 is 15.1 Å². The van der Waals surface area contributed by atoms with Crippen LogP contribution in [0.3, 0.4) is 0 Å². The largest absolute Gasteiger partial charge is 0.497 e. The highest BCUT2D eigenvalue weighted by molar-refractivity contribution is 6.10. The number of para-hydroxylation sites is 1. The van der Waals surface area contributed by atoms with E-state index in [-0.39, 0.29) is 16.8 Å². The second kappa shape index (κ2) is 6.34. The molecule has 0 unspecified atom stereocenters. The molecule has 1 amide bonds. The van der Waals surface area contributed by atoms with Gasteiger partial charge in [-0.05, 0) is 36.8 Å². The molecule has 0 aliphatic carbocycles. The fourth-order valence-electron chi connectivity index (χ4n) is 3.75. The average Bonchev–Trinajstić information content (AvgIpc) is 3.29. The quantitative estimate of drug-likeness (QED) is 0.530. The van der Waals surface area contributed by atoms with E-state index in [0.717, 1.165) is 0 Å². The number of hydrogen-bond donors (Lipinski definition) is 0. The Morgan fingerprint density at radius 3 is 2.66 bits per heavy atom. The maximum Gasteiger partial charge on any atom is 0.296 e. The molecular weight excluding hydrogens is 372 g/mol. The number of aromatic nitrogens is 1. The Morgan fingerprint density at radius 2 is 1.90 bits per heavy atom. The zero-order valence-electron chi connectivity index (χ0n) is 15.7. The van der Waals surface area contributed by atoms with Gasteiger partial charge in [-0.3, -0.25) is 14.5 Å². The van der Waals surface area contributed by atoms with Crippen LogP contribution in [0.2, 0.25) is 0 Å². The molecule has 2 aromatic heterocycles. The molecule has 144 valence electrons. The van der Waals surface area contributed by atoms with Gasteiger partial charge in [-0.25, -0.2) is 0 Å². The first-order valence-electron chi connectivity index (χ1n) is 9.05. The summed E-state index contributed by atoms with van der Waals surface area (Å²) in [6.45, 7) is 1.74. The molecule has 1 atom stereocenters. The molecular formula is C22H16N2O5. The van der Waals surface area contributed by atoms with Gasteiger partial charge in [0.15, 0.2) is 11.2 Å². The number of nitrogens with zero attached hydrogens (tertiary/aromatic N) is 2. The molecule has 0 N–H and O–H groups in total. The topological polar surface area (TPSA) is 85.8 Å². The molecule has 7 nitrogen and oxygen atoms in total. The number of anilines is 1. The standard InChI is InChI=1S/C22H16N2O5/c1-12-10-17(23-29-12)24-19(13-6-5-7-14(11-13)27-2)18-20(25)15-8-3-4-9-16(15)28-21(18)22(24)26/h3-11,19H,1-2H3/t19-/m0/s1. The highest BCUT2D eigenvalue weighted by Gasteiger charge is 2.44. The molecule has 0 saturated heterocycles. The minimum atomic E-state index is -0.710. The number of aryl methyl sites for hydroxylation is 1. The summed E-state index contributed by atoms with van der Waals surface area (Å²) in [4.78, 5) is 28.1. The smallest absolute Gasteiger partial charge is 0.296 e. The van der Waals surface area contributed by atoms with Crippen molar-refractivity contribution in [3.63, 3.8) is 0 Å². The van der Waals surface area contributed by atoms with Crippen molar-refractivity contribution in [1.29, 1.82) is 0 Å². The third kappa shape index (κ3) is 2.55. The second-order valence-corrected chi connectivity index (χ2v) is 6.82. The summed E-state index contributed by atoms with van der Waals surface area (Å²) in [6.07, 6.45) is 0. The maximum atomic E-state index is 13.4. The SMILES string of the molecule is COc1cccc([C@H]2c3c(oc4ccccc4c3=O)C(=O)N2c2cc(C)on2)c1. The van der Waals surface area contributed by atoms with E-state index in [1.807, 2.05) is 12.1 Å². The predicted molar refractivity (Wildman–Crippen MR) is 105 cm³/mol. The van der Waals surface area contributed by atoms with Crippen molar-refractivity contribution >= 4 is 22.7 Å². The molecule has 29 heavy (non-hydrogen) atoms. The molecule has 2 aromatic carbocycles. The van der Waals surface area contributed by atoms with E-state index in [9.17, 15) is 9.59 Å². The Hall–Kier alpha value is -3.87. The summed E-state index contributed by atoms with van der Waals surface area (Å²) in [7, 11) is 1.56. The summed E-state index contributed by atoms with van der Waals surface area (Å²) < 4.78 is 16.4. The van der Waals surface area contributed by atoms with Gasteiger partial charge in [0.05, 0.1) is 24.1 Å². The van der Waals surface area contributed by atoms with E-state index in [0.29, 0.717) is 33.9 Å². The second-order valence-electron chi connectivity index (χ2n) is 6.82. The Labute approximate surface area is 165 Å². The van der Waals surface area contributed by atoms with Gasteiger partial charge in [-0.15, -0.1) is 0 Å². The highest BCUT2D eigenvalue weighted by atomic mass is 16.5. The number of hydrogen-bond acceptors (Lipinski definition) is 6. The number of methoxy groups -OCH3 is 1. The number of carbonyl (C=O) groups is 1. The summed E-state index contributed by atoms with van der Waals surface area (Å²) in [5.41, 5.74) is 1.11. The van der Waals surface area contributed by atoms with E-state index >= 15 is 0 Å². The zero-order chi connectivity index (χ0) is 20.1. The molecule has 3 heterocycles. The van der Waals surface area contributed by atoms with E-state index in [2.05, 4.69) is 5.16 Å². The fraction of sp³-hybridized carbons (Fsp3) is 0.136. The van der Waals surface area contributed by atoms with Gasteiger partial charge in [0.1, 0.15) is 17.1 Å². The Balaban J connectivity index is 1.82. The van der Waals surface area contributed by atoms with Gasteiger partial charge >= 0.3 is 0 Å². The van der Waals surface area contributed by atoms with Crippen molar-refractivity contribution in [3.8, 4) is 5.75 Å². The van der Waals surface area contributed by atoms with Gasteiger partial charge in [-0.2, -0.15) is 0 Å². The van der Waals surface area contributed by atoms with Gasteiger partial charge in [0, 0.05) is 6.07 Å². The van der Waals surface area contributed by atoms with Crippen LogP contribution in [0.25, 0.3) is 11.0 Å². The minimum absolute atomic E-state index is 0.0159. The van der Waals surface area contributed by atoms with E-state index in [4.69, 9.17) is 13.7 Å². The van der Waals surface area contributed by atoms with Crippen LogP contribution in [-0.2, 0) is 0 Å². The Bertz CT molecular complexity index is 1320. The molecule has 7 heteroatoms. The van der Waals surface area contributed by atoms with E-state index < -0.39 is 11.9 Å². The fourth-order valence-corrected chi connectivity index (χ4v) is 3.75. The van der Waals surface area contributed by atoms with Crippen molar-refractivity contribution < 1.29 is 18.5 Å². The molecule has 0 fully saturated rings. The number of carbonyl (C=O) groups excluding carboxylic acids is 1. The van der Waals surface area contributed by atoms with Gasteiger partial charge in [0.2, 0.25) is 5.76 Å². The van der Waals surface area contributed by atoms with E-state index in [1.54, 1.807) is 56.5 Å². The van der Waals surface area contributed by atoms with Crippen LogP contribution >= 0.6 is 0 Å². The summed E-state index contributed by atoms with van der Waals surface area (Å²) >= 11 is 0. The maximum absolute atomic E-state index is 13.4. The van der Waals surface area contributed by atoms with Crippen LogP contribution in [0.1, 0.15) is 33.5 Å². The molecule has 5 rings (SSSR count).